The smallest absolute Gasteiger partial charge is 0.311 e. The Bertz CT molecular complexity index is 844. The van der Waals surface area contributed by atoms with Gasteiger partial charge in [0.15, 0.2) is 0 Å². The number of hydrogen-bond donors (Lipinski definition) is 0. The van der Waals surface area contributed by atoms with Crippen LogP contribution < -0.4 is 4.74 Å². The average molecular weight is 357 g/mol. The molecule has 0 aliphatic heterocycles. The molecule has 0 spiro atoms. The van der Waals surface area contributed by atoms with Crippen molar-refractivity contribution in [3.8, 4) is 5.75 Å². The highest BCUT2D eigenvalue weighted by Crippen LogP contribution is 2.31. The standard InChI is InChI=1S/C24H21O3/c1-18(25)12-17-23(26)27-22-15-13-21(14-16-22)24(19-8-4-2-5-9-19)20-10-6-3-7-11-20/h2-11,13-16H,12,17H2,1H3. The van der Waals surface area contributed by atoms with Crippen LogP contribution in [-0.2, 0) is 9.59 Å². The fourth-order valence-corrected chi connectivity index (χ4v) is 2.86. The van der Waals surface area contributed by atoms with Crippen molar-refractivity contribution in [1.82, 2.24) is 0 Å². The second-order valence-corrected chi connectivity index (χ2v) is 6.31. The molecule has 0 fully saturated rings. The molecule has 0 bridgehead atoms. The van der Waals surface area contributed by atoms with E-state index in [0.717, 1.165) is 22.6 Å². The van der Waals surface area contributed by atoms with E-state index in [4.69, 9.17) is 4.74 Å². The fourth-order valence-electron chi connectivity index (χ4n) is 2.86. The summed E-state index contributed by atoms with van der Waals surface area (Å²) < 4.78 is 5.31. The van der Waals surface area contributed by atoms with Crippen molar-refractivity contribution in [3.63, 3.8) is 0 Å². The van der Waals surface area contributed by atoms with Gasteiger partial charge in [-0.05, 0) is 35.7 Å². The molecule has 0 N–H and O–H groups in total. The molecule has 0 aliphatic rings. The van der Waals surface area contributed by atoms with E-state index in [-0.39, 0.29) is 18.6 Å². The van der Waals surface area contributed by atoms with Gasteiger partial charge in [0.05, 0.1) is 12.3 Å². The second kappa shape index (κ2) is 8.95. The molecular formula is C24H21O3. The summed E-state index contributed by atoms with van der Waals surface area (Å²) in [6.45, 7) is 1.46. The van der Waals surface area contributed by atoms with E-state index < -0.39 is 5.97 Å². The molecule has 3 heteroatoms. The molecule has 0 unspecified atom stereocenters. The number of carbonyl (C=O) groups excluding carboxylic acids is 2. The molecule has 135 valence electrons. The van der Waals surface area contributed by atoms with E-state index in [9.17, 15) is 9.59 Å². The number of Topliss-reactive ketones (excluding diaryl/α,β-unsaturated/α-hetero) is 1. The van der Waals surface area contributed by atoms with Gasteiger partial charge in [0.1, 0.15) is 11.5 Å². The number of carbonyl (C=O) groups is 2. The molecule has 0 aromatic heterocycles. The number of esters is 1. The van der Waals surface area contributed by atoms with Crippen LogP contribution >= 0.6 is 0 Å². The van der Waals surface area contributed by atoms with Gasteiger partial charge in [-0.15, -0.1) is 0 Å². The molecule has 1 radical (unpaired) electrons. The Kier molecular flexibility index (Phi) is 6.16. The lowest BCUT2D eigenvalue weighted by molar-refractivity contribution is -0.135. The number of ketones is 1. The van der Waals surface area contributed by atoms with Gasteiger partial charge >= 0.3 is 5.97 Å². The zero-order valence-corrected chi connectivity index (χ0v) is 15.2. The Morgan fingerprint density at radius 2 is 1.15 bits per heavy atom. The molecule has 0 saturated carbocycles. The monoisotopic (exact) mass is 357 g/mol. The van der Waals surface area contributed by atoms with Crippen LogP contribution in [0.25, 0.3) is 0 Å². The molecule has 0 saturated heterocycles. The second-order valence-electron chi connectivity index (χ2n) is 6.31. The quantitative estimate of drug-likeness (QED) is 0.340. The summed E-state index contributed by atoms with van der Waals surface area (Å²) in [5.41, 5.74) is 3.28. The molecule has 3 nitrogen and oxygen atoms in total. The van der Waals surface area contributed by atoms with Crippen molar-refractivity contribution in [2.45, 2.75) is 19.8 Å². The SMILES string of the molecule is CC(=O)CCC(=O)Oc1ccc([C](c2ccccc2)c2ccccc2)cc1. The molecule has 0 atom stereocenters. The summed E-state index contributed by atoms with van der Waals surface area (Å²) in [6, 6.07) is 27.9. The molecule has 3 aromatic rings. The maximum atomic E-state index is 11.8. The lowest BCUT2D eigenvalue weighted by Crippen LogP contribution is -2.10. The largest absolute Gasteiger partial charge is 0.427 e. The van der Waals surface area contributed by atoms with E-state index in [1.807, 2.05) is 48.5 Å². The first kappa shape index (κ1) is 18.6. The fraction of sp³-hybridized carbons (Fsp3) is 0.125. The topological polar surface area (TPSA) is 43.4 Å². The first-order chi connectivity index (χ1) is 13.1. The van der Waals surface area contributed by atoms with Gasteiger partial charge in [0, 0.05) is 6.42 Å². The van der Waals surface area contributed by atoms with Gasteiger partial charge in [0.2, 0.25) is 0 Å². The summed E-state index contributed by atoms with van der Waals surface area (Å²) in [6.07, 6.45) is 0.305. The molecule has 3 aromatic carbocycles. The van der Waals surface area contributed by atoms with Crippen LogP contribution in [0.5, 0.6) is 5.75 Å². The molecule has 0 aliphatic carbocycles. The van der Waals surface area contributed by atoms with Crippen molar-refractivity contribution in [2.75, 3.05) is 0 Å². The zero-order valence-electron chi connectivity index (χ0n) is 15.2. The number of rotatable bonds is 7. The van der Waals surface area contributed by atoms with Crippen LogP contribution in [-0.4, -0.2) is 11.8 Å². The van der Waals surface area contributed by atoms with Crippen molar-refractivity contribution < 1.29 is 14.3 Å². The van der Waals surface area contributed by atoms with Gasteiger partial charge in [-0.3, -0.25) is 4.79 Å². The van der Waals surface area contributed by atoms with Crippen LogP contribution in [0.2, 0.25) is 0 Å². The van der Waals surface area contributed by atoms with E-state index in [1.165, 1.54) is 6.92 Å². The predicted octanol–water partition coefficient (Wildman–Crippen LogP) is 4.98. The van der Waals surface area contributed by atoms with Crippen molar-refractivity contribution >= 4 is 11.8 Å². The molecular weight excluding hydrogens is 336 g/mol. The first-order valence-corrected chi connectivity index (χ1v) is 8.92. The van der Waals surface area contributed by atoms with Crippen molar-refractivity contribution in [2.24, 2.45) is 0 Å². The Morgan fingerprint density at radius 3 is 1.63 bits per heavy atom. The lowest BCUT2D eigenvalue weighted by atomic mass is 9.85. The Morgan fingerprint density at radius 1 is 0.667 bits per heavy atom. The minimum Gasteiger partial charge on any atom is -0.427 e. The number of hydrogen-bond acceptors (Lipinski definition) is 3. The molecule has 0 heterocycles. The molecule has 0 amide bonds. The van der Waals surface area contributed by atoms with Gasteiger partial charge in [-0.25, -0.2) is 0 Å². The number of benzene rings is 3. The third-order valence-electron chi connectivity index (χ3n) is 4.18. The Hall–Kier alpha value is -3.20. The summed E-state index contributed by atoms with van der Waals surface area (Å²) in [5.74, 6) is 1.18. The summed E-state index contributed by atoms with van der Waals surface area (Å²) in [7, 11) is 0. The Balaban J connectivity index is 1.82. The normalized spacial score (nSPS) is 10.6. The van der Waals surface area contributed by atoms with E-state index in [2.05, 4.69) is 24.3 Å². The minimum atomic E-state index is -0.395. The zero-order chi connectivity index (χ0) is 19.1. The highest BCUT2D eigenvalue weighted by atomic mass is 16.5. The van der Waals surface area contributed by atoms with E-state index >= 15 is 0 Å². The average Bonchev–Trinajstić information content (AvgIpc) is 2.70. The number of ether oxygens (including phenoxy) is 1. The maximum Gasteiger partial charge on any atom is 0.311 e. The van der Waals surface area contributed by atoms with Crippen LogP contribution in [0.3, 0.4) is 0 Å². The van der Waals surface area contributed by atoms with E-state index in [1.54, 1.807) is 12.1 Å². The third-order valence-corrected chi connectivity index (χ3v) is 4.18. The highest BCUT2D eigenvalue weighted by Gasteiger charge is 2.17. The summed E-state index contributed by atoms with van der Waals surface area (Å²) in [5, 5.41) is 0. The maximum absolute atomic E-state index is 11.8. The third kappa shape index (κ3) is 5.14. The van der Waals surface area contributed by atoms with Gasteiger partial charge in [0.25, 0.3) is 0 Å². The Labute approximate surface area is 159 Å². The highest BCUT2D eigenvalue weighted by molar-refractivity contribution is 5.81. The van der Waals surface area contributed by atoms with Crippen LogP contribution in [0.15, 0.2) is 84.9 Å². The summed E-state index contributed by atoms with van der Waals surface area (Å²) >= 11 is 0. The van der Waals surface area contributed by atoms with Crippen LogP contribution in [0, 0.1) is 5.92 Å². The summed E-state index contributed by atoms with van der Waals surface area (Å²) in [4.78, 5) is 22.8. The van der Waals surface area contributed by atoms with Crippen molar-refractivity contribution in [1.29, 1.82) is 0 Å². The lowest BCUT2D eigenvalue weighted by Gasteiger charge is -2.18. The van der Waals surface area contributed by atoms with E-state index in [0.29, 0.717) is 5.75 Å². The molecule has 3 rings (SSSR count). The van der Waals surface area contributed by atoms with Gasteiger partial charge < -0.3 is 9.53 Å². The van der Waals surface area contributed by atoms with Gasteiger partial charge in [-0.1, -0.05) is 72.8 Å². The van der Waals surface area contributed by atoms with Crippen LogP contribution in [0.4, 0.5) is 0 Å². The minimum absolute atomic E-state index is 0.0211. The predicted molar refractivity (Wildman–Crippen MR) is 105 cm³/mol. The van der Waals surface area contributed by atoms with Crippen LogP contribution in [0.1, 0.15) is 36.5 Å². The van der Waals surface area contributed by atoms with Crippen molar-refractivity contribution in [3.05, 3.63) is 108 Å². The van der Waals surface area contributed by atoms with Gasteiger partial charge in [-0.2, -0.15) is 0 Å². The molecule has 27 heavy (non-hydrogen) atoms. The first-order valence-electron chi connectivity index (χ1n) is 8.92.